The highest BCUT2D eigenvalue weighted by Gasteiger charge is 2.32. The molecule has 7 heteroatoms. The van der Waals surface area contributed by atoms with Crippen LogP contribution in [-0.4, -0.2) is 55.9 Å². The highest BCUT2D eigenvalue weighted by Crippen LogP contribution is 2.24. The van der Waals surface area contributed by atoms with Crippen molar-refractivity contribution in [2.24, 2.45) is 5.92 Å². The van der Waals surface area contributed by atoms with E-state index in [0.29, 0.717) is 32.2 Å². The average molecular weight is 308 g/mol. The van der Waals surface area contributed by atoms with Gasteiger partial charge in [0.1, 0.15) is 6.10 Å². The number of ether oxygens (including phenoxy) is 1. The van der Waals surface area contributed by atoms with Crippen molar-refractivity contribution in [3.8, 4) is 0 Å². The van der Waals surface area contributed by atoms with E-state index in [1.165, 1.54) is 4.90 Å². The average Bonchev–Trinajstić information content (AvgIpc) is 2.93. The minimum Gasteiger partial charge on any atom is -0.368 e. The molecule has 4 nitrogen and oxygen atoms in total. The monoisotopic (exact) mass is 308 g/mol. The Labute approximate surface area is 123 Å². The molecule has 1 amide bonds. The van der Waals surface area contributed by atoms with E-state index in [0.717, 1.165) is 32.1 Å². The predicted molar refractivity (Wildman–Crippen MR) is 71.8 cm³/mol. The van der Waals surface area contributed by atoms with Gasteiger partial charge in [0, 0.05) is 13.2 Å². The van der Waals surface area contributed by atoms with Crippen LogP contribution in [0.1, 0.15) is 32.1 Å². The maximum Gasteiger partial charge on any atom is 0.401 e. The Balaban J connectivity index is 1.57. The Kier molecular flexibility index (Phi) is 5.87. The molecule has 0 saturated carbocycles. The third kappa shape index (κ3) is 5.82. The second-order valence-corrected chi connectivity index (χ2v) is 5.92. The van der Waals surface area contributed by atoms with Crippen LogP contribution in [0, 0.1) is 5.92 Å². The Bertz CT molecular complexity index is 336. The molecule has 0 bridgehead atoms. The molecular weight excluding hydrogens is 285 g/mol. The van der Waals surface area contributed by atoms with E-state index in [1.54, 1.807) is 0 Å². The highest BCUT2D eigenvalue weighted by molar-refractivity contribution is 5.80. The summed E-state index contributed by atoms with van der Waals surface area (Å²) in [6, 6.07) is 0. The largest absolute Gasteiger partial charge is 0.401 e. The molecule has 0 aliphatic carbocycles. The fourth-order valence-corrected chi connectivity index (χ4v) is 2.98. The molecule has 0 spiro atoms. The summed E-state index contributed by atoms with van der Waals surface area (Å²) in [5, 5.41) is 2.86. The number of hydrogen-bond acceptors (Lipinski definition) is 3. The maximum atomic E-state index is 12.3. The van der Waals surface area contributed by atoms with Crippen molar-refractivity contribution < 1.29 is 22.7 Å². The van der Waals surface area contributed by atoms with Crippen molar-refractivity contribution in [3.05, 3.63) is 0 Å². The molecule has 2 aliphatic rings. The molecule has 0 radical (unpaired) electrons. The minimum absolute atomic E-state index is 0.0537. The molecule has 2 rings (SSSR count). The van der Waals surface area contributed by atoms with Crippen LogP contribution in [0.15, 0.2) is 0 Å². The summed E-state index contributed by atoms with van der Waals surface area (Å²) in [6.07, 6.45) is -0.339. The molecule has 1 N–H and O–H groups in total. The van der Waals surface area contributed by atoms with Gasteiger partial charge in [-0.3, -0.25) is 9.69 Å². The molecule has 2 aliphatic heterocycles. The molecule has 0 aromatic carbocycles. The zero-order valence-corrected chi connectivity index (χ0v) is 12.1. The zero-order valence-electron chi connectivity index (χ0n) is 12.1. The van der Waals surface area contributed by atoms with Gasteiger partial charge >= 0.3 is 6.18 Å². The van der Waals surface area contributed by atoms with Crippen molar-refractivity contribution in [2.75, 3.05) is 32.8 Å². The lowest BCUT2D eigenvalue weighted by Gasteiger charge is -2.32. The SMILES string of the molecule is O=C(NCCC1CCN(CC(F)(F)F)CC1)[C@H]1CCCO1. The molecule has 2 fully saturated rings. The molecule has 1 atom stereocenters. The van der Waals surface area contributed by atoms with Crippen LogP contribution in [0.4, 0.5) is 13.2 Å². The fourth-order valence-electron chi connectivity index (χ4n) is 2.98. The number of likely N-dealkylation sites (tertiary alicyclic amines) is 1. The Morgan fingerprint density at radius 3 is 2.52 bits per heavy atom. The van der Waals surface area contributed by atoms with Crippen LogP contribution in [0.5, 0.6) is 0 Å². The quantitative estimate of drug-likeness (QED) is 0.844. The van der Waals surface area contributed by atoms with Gasteiger partial charge in [-0.25, -0.2) is 0 Å². The molecule has 2 saturated heterocycles. The van der Waals surface area contributed by atoms with Crippen LogP contribution < -0.4 is 5.32 Å². The van der Waals surface area contributed by atoms with Crippen LogP contribution in [0.25, 0.3) is 0 Å². The second-order valence-electron chi connectivity index (χ2n) is 5.92. The van der Waals surface area contributed by atoms with Crippen molar-refractivity contribution >= 4 is 5.91 Å². The summed E-state index contributed by atoms with van der Waals surface area (Å²) in [5.74, 6) is 0.348. The lowest BCUT2D eigenvalue weighted by atomic mass is 9.93. The smallest absolute Gasteiger partial charge is 0.368 e. The van der Waals surface area contributed by atoms with E-state index in [4.69, 9.17) is 4.74 Å². The van der Waals surface area contributed by atoms with E-state index < -0.39 is 12.7 Å². The first kappa shape index (κ1) is 16.5. The summed E-state index contributed by atoms with van der Waals surface area (Å²) in [4.78, 5) is 13.2. The number of nitrogens with one attached hydrogen (secondary N) is 1. The first-order chi connectivity index (χ1) is 9.94. The molecular formula is C14H23F3N2O2. The molecule has 0 unspecified atom stereocenters. The third-order valence-corrected chi connectivity index (χ3v) is 4.18. The van der Waals surface area contributed by atoms with Gasteiger partial charge in [-0.05, 0) is 51.1 Å². The molecule has 2 heterocycles. The topological polar surface area (TPSA) is 41.6 Å². The van der Waals surface area contributed by atoms with Gasteiger partial charge in [-0.1, -0.05) is 0 Å². The molecule has 21 heavy (non-hydrogen) atoms. The normalized spacial score (nSPS) is 25.2. The van der Waals surface area contributed by atoms with Gasteiger partial charge in [0.2, 0.25) is 5.91 Å². The second kappa shape index (κ2) is 7.45. The predicted octanol–water partition coefficient (Wildman–Crippen LogP) is 1.95. The number of hydrogen-bond donors (Lipinski definition) is 1. The molecule has 122 valence electrons. The summed E-state index contributed by atoms with van der Waals surface area (Å²) in [6.45, 7) is 1.40. The van der Waals surface area contributed by atoms with E-state index >= 15 is 0 Å². The molecule has 0 aromatic rings. The number of halogens is 3. The number of carbonyl (C=O) groups excluding carboxylic acids is 1. The zero-order chi connectivity index (χ0) is 15.3. The maximum absolute atomic E-state index is 12.3. The first-order valence-electron chi connectivity index (χ1n) is 7.62. The van der Waals surface area contributed by atoms with Crippen molar-refractivity contribution in [2.45, 2.75) is 44.4 Å². The first-order valence-corrected chi connectivity index (χ1v) is 7.62. The number of alkyl halides is 3. The van der Waals surface area contributed by atoms with Gasteiger partial charge in [0.25, 0.3) is 0 Å². The Hall–Kier alpha value is -0.820. The van der Waals surface area contributed by atoms with Gasteiger partial charge in [-0.2, -0.15) is 13.2 Å². The number of nitrogens with zero attached hydrogens (tertiary/aromatic N) is 1. The van der Waals surface area contributed by atoms with Crippen LogP contribution >= 0.6 is 0 Å². The van der Waals surface area contributed by atoms with Gasteiger partial charge in [-0.15, -0.1) is 0 Å². The van der Waals surface area contributed by atoms with Crippen molar-refractivity contribution in [1.82, 2.24) is 10.2 Å². The summed E-state index contributed by atoms with van der Waals surface area (Å²) in [5.41, 5.74) is 0. The van der Waals surface area contributed by atoms with E-state index in [9.17, 15) is 18.0 Å². The summed E-state index contributed by atoms with van der Waals surface area (Å²) < 4.78 is 42.1. The lowest BCUT2D eigenvalue weighted by Crippen LogP contribution is -2.41. The Morgan fingerprint density at radius 1 is 1.24 bits per heavy atom. The van der Waals surface area contributed by atoms with Crippen molar-refractivity contribution in [1.29, 1.82) is 0 Å². The van der Waals surface area contributed by atoms with Crippen LogP contribution in [0.2, 0.25) is 0 Å². The van der Waals surface area contributed by atoms with Gasteiger partial charge in [0.15, 0.2) is 0 Å². The number of amides is 1. The Morgan fingerprint density at radius 2 is 1.95 bits per heavy atom. The number of piperidine rings is 1. The standard InChI is InChI=1S/C14H23F3N2O2/c15-14(16,17)10-19-7-4-11(5-8-19)3-6-18-13(20)12-2-1-9-21-12/h11-12H,1-10H2,(H,18,20)/t12-/m1/s1. The fraction of sp³-hybridized carbons (Fsp3) is 0.929. The van der Waals surface area contributed by atoms with Gasteiger partial charge in [0.05, 0.1) is 6.54 Å². The molecule has 0 aromatic heterocycles. The van der Waals surface area contributed by atoms with Crippen LogP contribution in [-0.2, 0) is 9.53 Å². The van der Waals surface area contributed by atoms with Gasteiger partial charge < -0.3 is 10.1 Å². The van der Waals surface area contributed by atoms with Crippen molar-refractivity contribution in [3.63, 3.8) is 0 Å². The van der Waals surface area contributed by atoms with E-state index in [2.05, 4.69) is 5.32 Å². The number of rotatable bonds is 5. The summed E-state index contributed by atoms with van der Waals surface area (Å²) >= 11 is 0. The van der Waals surface area contributed by atoms with E-state index in [1.807, 2.05) is 0 Å². The third-order valence-electron chi connectivity index (χ3n) is 4.18. The minimum atomic E-state index is -4.11. The lowest BCUT2D eigenvalue weighted by molar-refractivity contribution is -0.148. The van der Waals surface area contributed by atoms with Crippen LogP contribution in [0.3, 0.4) is 0 Å². The highest BCUT2D eigenvalue weighted by atomic mass is 19.4. The number of carbonyl (C=O) groups is 1. The van der Waals surface area contributed by atoms with E-state index in [-0.39, 0.29) is 12.0 Å². The summed E-state index contributed by atoms with van der Waals surface area (Å²) in [7, 11) is 0.